The molecule has 1 aromatic carbocycles. The van der Waals surface area contributed by atoms with Crippen LogP contribution in [0.1, 0.15) is 11.1 Å². The van der Waals surface area contributed by atoms with Gasteiger partial charge >= 0.3 is 6.18 Å². The Labute approximate surface area is 97.1 Å². The van der Waals surface area contributed by atoms with E-state index in [1.165, 1.54) is 6.92 Å². The molecule has 0 radical (unpaired) electrons. The van der Waals surface area contributed by atoms with Crippen LogP contribution in [0.3, 0.4) is 0 Å². The number of halogens is 6. The smallest absolute Gasteiger partial charge is 0.166 e. The van der Waals surface area contributed by atoms with E-state index in [0.29, 0.717) is 0 Å². The molecule has 78 valence electrons. The highest BCUT2D eigenvalue weighted by molar-refractivity contribution is 9.10. The van der Waals surface area contributed by atoms with Gasteiger partial charge in [0.2, 0.25) is 0 Å². The molecule has 6 heteroatoms. The zero-order valence-electron chi connectivity index (χ0n) is 6.85. The van der Waals surface area contributed by atoms with Gasteiger partial charge in [-0.05, 0) is 34.5 Å². The van der Waals surface area contributed by atoms with Crippen LogP contribution in [0.2, 0.25) is 10.0 Å². The fourth-order valence-electron chi connectivity index (χ4n) is 0.980. The molecule has 0 aliphatic rings. The van der Waals surface area contributed by atoms with Crippen LogP contribution < -0.4 is 0 Å². The molecule has 1 aromatic rings. The topological polar surface area (TPSA) is 0 Å². The Morgan fingerprint density at radius 3 is 2.21 bits per heavy atom. The van der Waals surface area contributed by atoms with E-state index in [1.54, 1.807) is 0 Å². The maximum atomic E-state index is 12.4. The Bertz CT molecular complexity index is 374. The van der Waals surface area contributed by atoms with Gasteiger partial charge in [0.25, 0.3) is 0 Å². The Morgan fingerprint density at radius 2 is 1.79 bits per heavy atom. The third kappa shape index (κ3) is 2.18. The van der Waals surface area contributed by atoms with Crippen LogP contribution >= 0.6 is 39.1 Å². The first-order valence-corrected chi connectivity index (χ1v) is 5.01. The average molecular weight is 308 g/mol. The minimum atomic E-state index is -4.42. The van der Waals surface area contributed by atoms with Gasteiger partial charge in [-0.2, -0.15) is 13.2 Å². The second-order valence-electron chi connectivity index (χ2n) is 2.66. The van der Waals surface area contributed by atoms with E-state index in [9.17, 15) is 13.2 Å². The minimum Gasteiger partial charge on any atom is -0.166 e. The van der Waals surface area contributed by atoms with E-state index < -0.39 is 11.7 Å². The summed E-state index contributed by atoms with van der Waals surface area (Å²) < 4.78 is 37.4. The van der Waals surface area contributed by atoms with Gasteiger partial charge in [-0.25, -0.2) is 0 Å². The molecule has 0 heterocycles. The summed E-state index contributed by atoms with van der Waals surface area (Å²) in [6.45, 7) is 1.33. The zero-order valence-corrected chi connectivity index (χ0v) is 9.94. The van der Waals surface area contributed by atoms with Crippen LogP contribution in [0.4, 0.5) is 13.2 Å². The van der Waals surface area contributed by atoms with Crippen LogP contribution in [0, 0.1) is 6.92 Å². The van der Waals surface area contributed by atoms with Gasteiger partial charge in [-0.15, -0.1) is 0 Å². The third-order valence-electron chi connectivity index (χ3n) is 1.71. The highest BCUT2D eigenvalue weighted by Crippen LogP contribution is 2.41. The largest absolute Gasteiger partial charge is 0.416 e. The molecule has 0 unspecified atom stereocenters. The second kappa shape index (κ2) is 3.91. The summed E-state index contributed by atoms with van der Waals surface area (Å²) in [5.74, 6) is 0. The van der Waals surface area contributed by atoms with Crippen LogP contribution in [0.25, 0.3) is 0 Å². The summed E-state index contributed by atoms with van der Waals surface area (Å²) >= 11 is 14.2. The number of hydrogen-bond acceptors (Lipinski definition) is 0. The molecule has 0 nitrogen and oxygen atoms in total. The first kappa shape index (κ1) is 12.1. The molecule has 14 heavy (non-hydrogen) atoms. The van der Waals surface area contributed by atoms with E-state index in [-0.39, 0.29) is 20.1 Å². The predicted molar refractivity (Wildman–Crippen MR) is 53.9 cm³/mol. The molecule has 0 saturated heterocycles. The van der Waals surface area contributed by atoms with Crippen molar-refractivity contribution >= 4 is 39.1 Å². The maximum Gasteiger partial charge on any atom is 0.416 e. The fraction of sp³-hybridized carbons (Fsp3) is 0.250. The van der Waals surface area contributed by atoms with E-state index in [1.807, 2.05) is 0 Å². The van der Waals surface area contributed by atoms with Crippen molar-refractivity contribution in [2.24, 2.45) is 0 Å². The van der Waals surface area contributed by atoms with Crippen LogP contribution in [-0.2, 0) is 6.18 Å². The molecular formula is C8H4BrCl2F3. The van der Waals surface area contributed by atoms with Gasteiger partial charge in [0.15, 0.2) is 0 Å². The monoisotopic (exact) mass is 306 g/mol. The summed E-state index contributed by atoms with van der Waals surface area (Å²) in [6, 6.07) is 0.823. The van der Waals surface area contributed by atoms with Gasteiger partial charge in [-0.1, -0.05) is 23.2 Å². The van der Waals surface area contributed by atoms with Gasteiger partial charge in [0.1, 0.15) is 0 Å². The molecule has 0 fully saturated rings. The molecule has 0 spiro atoms. The highest BCUT2D eigenvalue weighted by Gasteiger charge is 2.34. The van der Waals surface area contributed by atoms with Gasteiger partial charge in [0.05, 0.1) is 15.6 Å². The Balaban J connectivity index is 3.49. The van der Waals surface area contributed by atoms with Gasteiger partial charge < -0.3 is 0 Å². The molecule has 1 rings (SSSR count). The van der Waals surface area contributed by atoms with Crippen molar-refractivity contribution in [3.63, 3.8) is 0 Å². The van der Waals surface area contributed by atoms with Crippen molar-refractivity contribution in [1.29, 1.82) is 0 Å². The SMILES string of the molecule is Cc1c(C(F)(F)F)cc(Cl)c(Cl)c1Br. The number of benzene rings is 1. The van der Waals surface area contributed by atoms with E-state index in [0.717, 1.165) is 6.07 Å². The van der Waals surface area contributed by atoms with Crippen molar-refractivity contribution in [3.05, 3.63) is 31.7 Å². The standard InChI is InChI=1S/C8H4BrCl2F3/c1-3-4(8(12,13)14)2-5(10)7(11)6(3)9/h2H,1H3. The third-order valence-corrected chi connectivity index (χ3v) is 3.72. The summed E-state index contributed by atoms with van der Waals surface area (Å²) in [4.78, 5) is 0. The lowest BCUT2D eigenvalue weighted by Gasteiger charge is -2.13. The predicted octanol–water partition coefficient (Wildman–Crippen LogP) is 5.08. The molecule has 0 bridgehead atoms. The normalized spacial score (nSPS) is 11.9. The van der Waals surface area contributed by atoms with Crippen molar-refractivity contribution in [1.82, 2.24) is 0 Å². The number of rotatable bonds is 0. The molecule has 0 aromatic heterocycles. The Morgan fingerprint density at radius 1 is 1.29 bits per heavy atom. The number of alkyl halides is 3. The van der Waals surface area contributed by atoms with E-state index >= 15 is 0 Å². The van der Waals surface area contributed by atoms with E-state index in [2.05, 4.69) is 15.9 Å². The number of hydrogen-bond donors (Lipinski definition) is 0. The fourth-order valence-corrected chi connectivity index (χ4v) is 1.92. The quantitative estimate of drug-likeness (QED) is 0.586. The van der Waals surface area contributed by atoms with Crippen molar-refractivity contribution in [2.45, 2.75) is 13.1 Å². The molecule has 0 amide bonds. The molecular weight excluding hydrogens is 304 g/mol. The molecule has 0 atom stereocenters. The first-order chi connectivity index (χ1) is 6.25. The van der Waals surface area contributed by atoms with E-state index in [4.69, 9.17) is 23.2 Å². The maximum absolute atomic E-state index is 12.4. The lowest BCUT2D eigenvalue weighted by Crippen LogP contribution is -2.08. The summed E-state index contributed by atoms with van der Waals surface area (Å²) in [5, 5.41) is -0.0198. The second-order valence-corrected chi connectivity index (χ2v) is 4.23. The lowest BCUT2D eigenvalue weighted by atomic mass is 10.1. The van der Waals surface area contributed by atoms with Crippen molar-refractivity contribution in [2.75, 3.05) is 0 Å². The molecule has 0 aliphatic heterocycles. The Hall–Kier alpha value is 0.0700. The molecule has 0 saturated carbocycles. The molecule has 0 N–H and O–H groups in total. The summed E-state index contributed by atoms with van der Waals surface area (Å²) in [5.41, 5.74) is -0.745. The van der Waals surface area contributed by atoms with Crippen molar-refractivity contribution in [3.8, 4) is 0 Å². The van der Waals surface area contributed by atoms with Crippen LogP contribution in [0.5, 0.6) is 0 Å². The highest BCUT2D eigenvalue weighted by atomic mass is 79.9. The van der Waals surface area contributed by atoms with Gasteiger partial charge in [-0.3, -0.25) is 0 Å². The lowest BCUT2D eigenvalue weighted by molar-refractivity contribution is -0.138. The average Bonchev–Trinajstić information content (AvgIpc) is 2.06. The summed E-state index contributed by atoms with van der Waals surface area (Å²) in [7, 11) is 0. The van der Waals surface area contributed by atoms with Gasteiger partial charge in [0, 0.05) is 4.47 Å². The zero-order chi connectivity index (χ0) is 11.1. The molecule has 0 aliphatic carbocycles. The Kier molecular flexibility index (Phi) is 3.39. The van der Waals surface area contributed by atoms with Crippen LogP contribution in [0.15, 0.2) is 10.5 Å². The first-order valence-electron chi connectivity index (χ1n) is 3.46. The summed E-state index contributed by atoms with van der Waals surface area (Å²) in [6.07, 6.45) is -4.42. The van der Waals surface area contributed by atoms with Crippen molar-refractivity contribution < 1.29 is 13.2 Å². The van der Waals surface area contributed by atoms with Crippen LogP contribution in [-0.4, -0.2) is 0 Å². The minimum absolute atomic E-state index is 0.0342.